The maximum Gasteiger partial charge on any atom is 0.307 e. The van der Waals surface area contributed by atoms with E-state index < -0.39 is 0 Å². The molecule has 0 aromatic carbocycles. The SMILES string of the molecule is CN(C)[C@H]1CCN(C(=O)CCc2nccn2CCC(=O)OCC2CC2)C1. The van der Waals surface area contributed by atoms with Crippen LogP contribution in [0, 0.1) is 5.92 Å². The maximum absolute atomic E-state index is 12.4. The van der Waals surface area contributed by atoms with E-state index in [4.69, 9.17) is 4.74 Å². The quantitative estimate of drug-likeness (QED) is 0.620. The van der Waals surface area contributed by atoms with Crippen molar-refractivity contribution in [1.82, 2.24) is 19.4 Å². The molecule has 0 bridgehead atoms. The summed E-state index contributed by atoms with van der Waals surface area (Å²) in [6.07, 6.45) is 8.41. The highest BCUT2D eigenvalue weighted by atomic mass is 16.5. The van der Waals surface area contributed by atoms with Crippen LogP contribution < -0.4 is 0 Å². The van der Waals surface area contributed by atoms with E-state index in [0.29, 0.717) is 44.4 Å². The van der Waals surface area contributed by atoms with E-state index in [1.54, 1.807) is 6.20 Å². The summed E-state index contributed by atoms with van der Waals surface area (Å²) in [7, 11) is 4.12. The lowest BCUT2D eigenvalue weighted by molar-refractivity contribution is -0.144. The van der Waals surface area contributed by atoms with Gasteiger partial charge in [-0.05, 0) is 39.3 Å². The molecule has 1 aromatic heterocycles. The van der Waals surface area contributed by atoms with Gasteiger partial charge < -0.3 is 19.1 Å². The van der Waals surface area contributed by atoms with Crippen LogP contribution in [0.1, 0.15) is 37.9 Å². The first-order chi connectivity index (χ1) is 12.5. The molecule has 2 fully saturated rings. The summed E-state index contributed by atoms with van der Waals surface area (Å²) in [5, 5.41) is 0. The molecule has 3 rings (SSSR count). The summed E-state index contributed by atoms with van der Waals surface area (Å²) in [4.78, 5) is 32.7. The number of likely N-dealkylation sites (tertiary alicyclic amines) is 1. The minimum Gasteiger partial charge on any atom is -0.465 e. The zero-order valence-electron chi connectivity index (χ0n) is 15.9. The van der Waals surface area contributed by atoms with Gasteiger partial charge in [-0.1, -0.05) is 0 Å². The van der Waals surface area contributed by atoms with Crippen molar-refractivity contribution >= 4 is 11.9 Å². The van der Waals surface area contributed by atoms with Gasteiger partial charge in [0.05, 0.1) is 13.0 Å². The van der Waals surface area contributed by atoms with Crippen LogP contribution in [-0.2, 0) is 27.3 Å². The molecule has 1 aromatic rings. The molecule has 7 nitrogen and oxygen atoms in total. The molecule has 1 saturated heterocycles. The predicted molar refractivity (Wildman–Crippen MR) is 97.5 cm³/mol. The van der Waals surface area contributed by atoms with Crippen LogP contribution in [0.2, 0.25) is 0 Å². The minimum atomic E-state index is -0.153. The minimum absolute atomic E-state index is 0.153. The molecule has 144 valence electrons. The number of carbonyl (C=O) groups excluding carboxylic acids is 2. The Balaban J connectivity index is 1.40. The van der Waals surface area contributed by atoms with Crippen molar-refractivity contribution in [3.8, 4) is 0 Å². The molecule has 2 aliphatic rings. The number of ether oxygens (including phenoxy) is 1. The third-order valence-corrected chi connectivity index (χ3v) is 5.34. The first kappa shape index (κ1) is 18.9. The van der Waals surface area contributed by atoms with E-state index in [-0.39, 0.29) is 11.9 Å². The van der Waals surface area contributed by atoms with Crippen LogP contribution in [0.25, 0.3) is 0 Å². The number of nitrogens with zero attached hydrogens (tertiary/aromatic N) is 4. The van der Waals surface area contributed by atoms with Gasteiger partial charge in [0.15, 0.2) is 0 Å². The highest BCUT2D eigenvalue weighted by Gasteiger charge is 2.27. The molecule has 1 atom stereocenters. The number of imidazole rings is 1. The van der Waals surface area contributed by atoms with Gasteiger partial charge >= 0.3 is 5.97 Å². The van der Waals surface area contributed by atoms with Gasteiger partial charge in [0.1, 0.15) is 5.82 Å². The lowest BCUT2D eigenvalue weighted by atomic mass is 10.2. The number of carbonyl (C=O) groups is 2. The predicted octanol–water partition coefficient (Wildman–Crippen LogP) is 1.32. The standard InChI is InChI=1S/C19H30N4O3/c1-21(2)16-7-10-23(13-16)18(24)6-5-17-20-9-12-22(17)11-8-19(25)26-14-15-3-4-15/h9,12,15-16H,3-8,10-11,13-14H2,1-2H3/t16-/m0/s1. The first-order valence-electron chi connectivity index (χ1n) is 9.62. The molecule has 0 radical (unpaired) electrons. The highest BCUT2D eigenvalue weighted by molar-refractivity contribution is 5.76. The van der Waals surface area contributed by atoms with Crippen LogP contribution in [0.15, 0.2) is 12.4 Å². The number of esters is 1. The van der Waals surface area contributed by atoms with E-state index in [1.165, 1.54) is 12.8 Å². The molecule has 26 heavy (non-hydrogen) atoms. The Morgan fingerprint density at radius 2 is 2.08 bits per heavy atom. The number of aromatic nitrogens is 2. The highest BCUT2D eigenvalue weighted by Crippen LogP contribution is 2.28. The van der Waals surface area contributed by atoms with E-state index in [2.05, 4.69) is 24.0 Å². The van der Waals surface area contributed by atoms with Gasteiger partial charge in [-0.2, -0.15) is 0 Å². The van der Waals surface area contributed by atoms with Crippen LogP contribution >= 0.6 is 0 Å². The lowest BCUT2D eigenvalue weighted by Gasteiger charge is -2.20. The van der Waals surface area contributed by atoms with Gasteiger partial charge in [-0.15, -0.1) is 0 Å². The molecule has 0 N–H and O–H groups in total. The summed E-state index contributed by atoms with van der Waals surface area (Å²) in [6.45, 7) is 2.77. The van der Waals surface area contributed by atoms with Crippen LogP contribution in [0.3, 0.4) is 0 Å². The monoisotopic (exact) mass is 362 g/mol. The summed E-state index contributed by atoms with van der Waals surface area (Å²) < 4.78 is 7.22. The maximum atomic E-state index is 12.4. The van der Waals surface area contributed by atoms with Gasteiger partial charge in [0, 0.05) is 50.9 Å². The third kappa shape index (κ3) is 5.30. The number of hydrogen-bond donors (Lipinski definition) is 0. The zero-order valence-corrected chi connectivity index (χ0v) is 15.9. The number of rotatable bonds is 9. The van der Waals surface area contributed by atoms with Crippen molar-refractivity contribution in [2.24, 2.45) is 5.92 Å². The molecule has 7 heteroatoms. The van der Waals surface area contributed by atoms with Gasteiger partial charge in [0.25, 0.3) is 0 Å². The Labute approximate surface area is 155 Å². The molecule has 2 heterocycles. The summed E-state index contributed by atoms with van der Waals surface area (Å²) in [5.41, 5.74) is 0. The average molecular weight is 362 g/mol. The third-order valence-electron chi connectivity index (χ3n) is 5.34. The Bertz CT molecular complexity index is 624. The van der Waals surface area contributed by atoms with Crippen molar-refractivity contribution < 1.29 is 14.3 Å². The number of hydrogen-bond acceptors (Lipinski definition) is 5. The fourth-order valence-electron chi connectivity index (χ4n) is 3.32. The Morgan fingerprint density at radius 3 is 2.77 bits per heavy atom. The topological polar surface area (TPSA) is 67.7 Å². The molecule has 0 unspecified atom stereocenters. The van der Waals surface area contributed by atoms with E-state index in [0.717, 1.165) is 25.3 Å². The van der Waals surface area contributed by atoms with E-state index >= 15 is 0 Å². The summed E-state index contributed by atoms with van der Waals surface area (Å²) in [6, 6.07) is 0.461. The molecular formula is C19H30N4O3. The molecule has 1 amide bonds. The number of aryl methyl sites for hydroxylation is 2. The number of likely N-dealkylation sites (N-methyl/N-ethyl adjacent to an activating group) is 1. The molecule has 1 aliphatic heterocycles. The van der Waals surface area contributed by atoms with Crippen LogP contribution in [0.4, 0.5) is 0 Å². The Hall–Kier alpha value is -1.89. The van der Waals surface area contributed by atoms with Crippen molar-refractivity contribution in [1.29, 1.82) is 0 Å². The summed E-state index contributed by atoms with van der Waals surface area (Å²) in [5.74, 6) is 1.48. The second-order valence-corrected chi connectivity index (χ2v) is 7.66. The summed E-state index contributed by atoms with van der Waals surface area (Å²) >= 11 is 0. The van der Waals surface area contributed by atoms with Crippen molar-refractivity contribution in [3.05, 3.63) is 18.2 Å². The first-order valence-corrected chi connectivity index (χ1v) is 9.62. The molecule has 1 saturated carbocycles. The van der Waals surface area contributed by atoms with Gasteiger partial charge in [0.2, 0.25) is 5.91 Å². The lowest BCUT2D eigenvalue weighted by Crippen LogP contribution is -2.34. The van der Waals surface area contributed by atoms with Crippen LogP contribution in [0.5, 0.6) is 0 Å². The molecule has 0 spiro atoms. The van der Waals surface area contributed by atoms with Gasteiger partial charge in [-0.25, -0.2) is 4.98 Å². The Kier molecular flexibility index (Phi) is 6.29. The van der Waals surface area contributed by atoms with Gasteiger partial charge in [-0.3, -0.25) is 9.59 Å². The average Bonchev–Trinajstić information content (AvgIpc) is 3.12. The van der Waals surface area contributed by atoms with Crippen molar-refractivity contribution in [2.45, 2.75) is 51.1 Å². The second kappa shape index (κ2) is 8.66. The molecular weight excluding hydrogens is 332 g/mol. The fraction of sp³-hybridized carbons (Fsp3) is 0.737. The van der Waals surface area contributed by atoms with E-state index in [1.807, 2.05) is 15.7 Å². The van der Waals surface area contributed by atoms with E-state index in [9.17, 15) is 9.59 Å². The van der Waals surface area contributed by atoms with Crippen molar-refractivity contribution in [2.75, 3.05) is 33.8 Å². The number of amides is 1. The van der Waals surface area contributed by atoms with Crippen molar-refractivity contribution in [3.63, 3.8) is 0 Å². The van der Waals surface area contributed by atoms with Crippen LogP contribution in [-0.4, -0.2) is 71.1 Å². The Morgan fingerprint density at radius 1 is 1.27 bits per heavy atom. The fourth-order valence-corrected chi connectivity index (χ4v) is 3.32. The smallest absolute Gasteiger partial charge is 0.307 e. The second-order valence-electron chi connectivity index (χ2n) is 7.66. The zero-order chi connectivity index (χ0) is 18.5. The largest absolute Gasteiger partial charge is 0.465 e. The normalized spacial score (nSPS) is 20.0. The molecule has 1 aliphatic carbocycles.